The molecule has 2 heteroatoms. The van der Waals surface area contributed by atoms with Gasteiger partial charge < -0.3 is 9.80 Å². The third kappa shape index (κ3) is 4.89. The summed E-state index contributed by atoms with van der Waals surface area (Å²) in [6.07, 6.45) is 5.81. The van der Waals surface area contributed by atoms with E-state index in [4.69, 9.17) is 0 Å². The minimum atomic E-state index is 0.519. The van der Waals surface area contributed by atoms with Crippen LogP contribution in [0.1, 0.15) is 53.4 Å². The van der Waals surface area contributed by atoms with Gasteiger partial charge in [0.15, 0.2) is 0 Å². The van der Waals surface area contributed by atoms with Crippen LogP contribution in [-0.2, 0) is 0 Å². The molecule has 0 spiro atoms. The molecule has 2 nitrogen and oxygen atoms in total. The summed E-state index contributed by atoms with van der Waals surface area (Å²) in [5.74, 6) is 0.950. The molecule has 0 heterocycles. The summed E-state index contributed by atoms with van der Waals surface area (Å²) in [5, 5.41) is 0. The Bertz CT molecular complexity index is 222. The zero-order valence-corrected chi connectivity index (χ0v) is 13.6. The fraction of sp³-hybridized carbons (Fsp3) is 1.00. The summed E-state index contributed by atoms with van der Waals surface area (Å²) in [6, 6.07) is 0.938. The van der Waals surface area contributed by atoms with E-state index in [-0.39, 0.29) is 0 Å². The van der Waals surface area contributed by atoms with Crippen molar-refractivity contribution in [2.24, 2.45) is 11.3 Å². The molecule has 1 atom stereocenters. The van der Waals surface area contributed by atoms with Crippen molar-refractivity contribution in [3.63, 3.8) is 0 Å². The van der Waals surface area contributed by atoms with Gasteiger partial charge in [0.1, 0.15) is 13.1 Å². The summed E-state index contributed by atoms with van der Waals surface area (Å²) in [5.41, 5.74) is 0.519. The molecular formula is C16H36N2+2. The predicted octanol–water partition coefficient (Wildman–Crippen LogP) is 0.641. The second-order valence-electron chi connectivity index (χ2n) is 7.63. The lowest BCUT2D eigenvalue weighted by molar-refractivity contribution is -0.958. The third-order valence-corrected chi connectivity index (χ3v) is 4.93. The molecule has 108 valence electrons. The Morgan fingerprint density at radius 3 is 1.89 bits per heavy atom. The van der Waals surface area contributed by atoms with Gasteiger partial charge in [0, 0.05) is 0 Å². The molecule has 2 N–H and O–H groups in total. The van der Waals surface area contributed by atoms with Gasteiger partial charge in [0.2, 0.25) is 0 Å². The van der Waals surface area contributed by atoms with Crippen molar-refractivity contribution >= 4 is 0 Å². The number of rotatable bonds is 5. The van der Waals surface area contributed by atoms with E-state index in [0.717, 1.165) is 12.0 Å². The van der Waals surface area contributed by atoms with Gasteiger partial charge in [-0.2, -0.15) is 0 Å². The van der Waals surface area contributed by atoms with E-state index < -0.39 is 0 Å². The number of likely N-dealkylation sites (N-methyl/N-ethyl adjacent to an activating group) is 2. The van der Waals surface area contributed by atoms with Crippen molar-refractivity contribution in [3.05, 3.63) is 0 Å². The molecule has 0 saturated heterocycles. The number of hydrogen-bond donors (Lipinski definition) is 2. The lowest BCUT2D eigenvalue weighted by Crippen LogP contribution is -3.20. The van der Waals surface area contributed by atoms with Gasteiger partial charge in [0.25, 0.3) is 0 Å². The van der Waals surface area contributed by atoms with Gasteiger partial charge in [-0.15, -0.1) is 0 Å². The first kappa shape index (κ1) is 16.0. The maximum Gasteiger partial charge on any atom is 0.127 e. The van der Waals surface area contributed by atoms with Gasteiger partial charge in [-0.3, -0.25) is 0 Å². The van der Waals surface area contributed by atoms with E-state index in [9.17, 15) is 0 Å². The van der Waals surface area contributed by atoms with E-state index in [1.807, 2.05) is 4.90 Å². The molecule has 1 aliphatic carbocycles. The number of nitrogens with one attached hydrogen (secondary N) is 2. The molecule has 1 aliphatic rings. The molecular weight excluding hydrogens is 220 g/mol. The van der Waals surface area contributed by atoms with E-state index in [1.54, 1.807) is 4.90 Å². The van der Waals surface area contributed by atoms with Crippen LogP contribution in [0.3, 0.4) is 0 Å². The van der Waals surface area contributed by atoms with Crippen molar-refractivity contribution in [1.29, 1.82) is 0 Å². The van der Waals surface area contributed by atoms with Crippen LogP contribution in [0.15, 0.2) is 0 Å². The maximum atomic E-state index is 2.41. The van der Waals surface area contributed by atoms with Crippen molar-refractivity contribution in [2.75, 3.05) is 33.7 Å². The zero-order valence-electron chi connectivity index (χ0n) is 13.6. The summed E-state index contributed by atoms with van der Waals surface area (Å²) in [4.78, 5) is 3.44. The molecule has 1 saturated carbocycles. The van der Waals surface area contributed by atoms with Crippen LogP contribution in [0.2, 0.25) is 0 Å². The van der Waals surface area contributed by atoms with Gasteiger partial charge in [-0.25, -0.2) is 0 Å². The Kier molecular flexibility index (Phi) is 6.13. The van der Waals surface area contributed by atoms with E-state index in [2.05, 4.69) is 41.8 Å². The highest BCUT2D eigenvalue weighted by Gasteiger charge is 2.33. The second-order valence-corrected chi connectivity index (χ2v) is 7.63. The maximum absolute atomic E-state index is 2.41. The molecule has 0 bridgehead atoms. The van der Waals surface area contributed by atoms with Gasteiger partial charge >= 0.3 is 0 Å². The summed E-state index contributed by atoms with van der Waals surface area (Å²) in [7, 11) is 4.54. The van der Waals surface area contributed by atoms with Crippen LogP contribution in [0.5, 0.6) is 0 Å². The van der Waals surface area contributed by atoms with Crippen LogP contribution in [0.25, 0.3) is 0 Å². The molecule has 0 aliphatic heterocycles. The zero-order chi connectivity index (χ0) is 13.8. The first-order valence-corrected chi connectivity index (χ1v) is 7.98. The minimum absolute atomic E-state index is 0.519. The standard InChI is InChI=1S/C16H34N2/c1-7-18(13-12-17(5)6)15-10-8-14(9-11-15)16(2,3)4/h14-15H,7-13H2,1-6H3/p+2. The Balaban J connectivity index is 2.40. The fourth-order valence-corrected chi connectivity index (χ4v) is 3.45. The summed E-state index contributed by atoms with van der Waals surface area (Å²) in [6.45, 7) is 13.6. The highest BCUT2D eigenvalue weighted by molar-refractivity contribution is 4.80. The van der Waals surface area contributed by atoms with Crippen molar-refractivity contribution < 1.29 is 9.80 Å². The Morgan fingerprint density at radius 1 is 0.944 bits per heavy atom. The fourth-order valence-electron chi connectivity index (χ4n) is 3.45. The Morgan fingerprint density at radius 2 is 1.50 bits per heavy atom. The molecule has 1 fully saturated rings. The van der Waals surface area contributed by atoms with Crippen LogP contribution < -0.4 is 9.80 Å². The lowest BCUT2D eigenvalue weighted by Gasteiger charge is -2.39. The first-order valence-electron chi connectivity index (χ1n) is 7.98. The molecule has 0 amide bonds. The van der Waals surface area contributed by atoms with E-state index in [0.29, 0.717) is 5.41 Å². The van der Waals surface area contributed by atoms with Crippen LogP contribution in [-0.4, -0.2) is 39.8 Å². The Hall–Kier alpha value is -0.0800. The van der Waals surface area contributed by atoms with E-state index in [1.165, 1.54) is 45.3 Å². The van der Waals surface area contributed by atoms with Crippen LogP contribution in [0.4, 0.5) is 0 Å². The smallest absolute Gasteiger partial charge is 0.127 e. The SMILES string of the molecule is CC[NH+](CC[NH+](C)C)C1CCC(C(C)(C)C)CC1. The van der Waals surface area contributed by atoms with Gasteiger partial charge in [-0.05, 0) is 43.9 Å². The highest BCUT2D eigenvalue weighted by Crippen LogP contribution is 2.37. The monoisotopic (exact) mass is 256 g/mol. The minimum Gasteiger partial charge on any atom is -0.335 e. The molecule has 18 heavy (non-hydrogen) atoms. The molecule has 1 unspecified atom stereocenters. The Labute approximate surface area is 115 Å². The molecule has 0 radical (unpaired) electrons. The first-order chi connectivity index (χ1) is 8.34. The molecule has 0 aromatic rings. The number of hydrogen-bond acceptors (Lipinski definition) is 0. The average Bonchev–Trinajstić information content (AvgIpc) is 2.29. The highest BCUT2D eigenvalue weighted by atomic mass is 15.2. The number of quaternary nitrogens is 2. The molecule has 1 rings (SSSR count). The summed E-state index contributed by atoms with van der Waals surface area (Å²) < 4.78 is 0. The van der Waals surface area contributed by atoms with Crippen molar-refractivity contribution in [2.45, 2.75) is 59.4 Å². The summed E-state index contributed by atoms with van der Waals surface area (Å²) >= 11 is 0. The molecule has 0 aromatic heterocycles. The quantitative estimate of drug-likeness (QED) is 0.714. The van der Waals surface area contributed by atoms with E-state index >= 15 is 0 Å². The van der Waals surface area contributed by atoms with Crippen LogP contribution in [0, 0.1) is 11.3 Å². The van der Waals surface area contributed by atoms with Crippen LogP contribution >= 0.6 is 0 Å². The third-order valence-electron chi connectivity index (χ3n) is 4.93. The van der Waals surface area contributed by atoms with Gasteiger partial charge in [-0.1, -0.05) is 20.8 Å². The average molecular weight is 256 g/mol. The predicted molar refractivity (Wildman–Crippen MR) is 79.2 cm³/mol. The van der Waals surface area contributed by atoms with Gasteiger partial charge in [0.05, 0.1) is 26.7 Å². The van der Waals surface area contributed by atoms with Crippen molar-refractivity contribution in [1.82, 2.24) is 0 Å². The largest absolute Gasteiger partial charge is 0.335 e. The lowest BCUT2D eigenvalue weighted by atomic mass is 9.71. The second kappa shape index (κ2) is 6.91. The normalized spacial score (nSPS) is 27.5. The topological polar surface area (TPSA) is 8.88 Å². The van der Waals surface area contributed by atoms with Crippen molar-refractivity contribution in [3.8, 4) is 0 Å². The molecule has 0 aromatic carbocycles.